The molecule has 5 nitrogen and oxygen atoms in total. The Labute approximate surface area is 137 Å². The van der Waals surface area contributed by atoms with E-state index < -0.39 is 5.97 Å². The van der Waals surface area contributed by atoms with E-state index in [0.29, 0.717) is 22.2 Å². The maximum Gasteiger partial charge on any atom is 0.340 e. The monoisotopic (exact) mass is 319 g/mol. The van der Waals surface area contributed by atoms with Gasteiger partial charge in [0.05, 0.1) is 18.2 Å². The van der Waals surface area contributed by atoms with Gasteiger partial charge in [-0.15, -0.1) is 0 Å². The van der Waals surface area contributed by atoms with Crippen molar-refractivity contribution < 1.29 is 19.1 Å². The third kappa shape index (κ3) is 2.18. The molecule has 1 N–H and O–H groups in total. The van der Waals surface area contributed by atoms with E-state index in [0.717, 1.165) is 10.8 Å². The highest BCUT2D eigenvalue weighted by Gasteiger charge is 2.18. The zero-order chi connectivity index (χ0) is 16.7. The summed E-state index contributed by atoms with van der Waals surface area (Å²) in [5.41, 5.74) is 1.67. The van der Waals surface area contributed by atoms with Crippen LogP contribution in [0.4, 0.5) is 0 Å². The zero-order valence-corrected chi connectivity index (χ0v) is 12.8. The van der Waals surface area contributed by atoms with Crippen LogP contribution in [-0.4, -0.2) is 23.2 Å². The highest BCUT2D eigenvalue weighted by Crippen LogP contribution is 2.35. The molecule has 4 rings (SSSR count). The fraction of sp³-hybridized carbons (Fsp3) is 0.0526. The fourth-order valence-corrected chi connectivity index (χ4v) is 2.74. The van der Waals surface area contributed by atoms with Gasteiger partial charge >= 0.3 is 5.97 Å². The quantitative estimate of drug-likeness (QED) is 0.562. The van der Waals surface area contributed by atoms with Crippen LogP contribution >= 0.6 is 0 Å². The average Bonchev–Trinajstić information content (AvgIpc) is 3.04. The van der Waals surface area contributed by atoms with Crippen molar-refractivity contribution in [2.24, 2.45) is 0 Å². The molecule has 0 atom stereocenters. The molecular formula is C19H13NO4. The molecule has 0 unspecified atom stereocenters. The van der Waals surface area contributed by atoms with Gasteiger partial charge in [0.1, 0.15) is 11.3 Å². The van der Waals surface area contributed by atoms with Gasteiger partial charge in [-0.3, -0.25) is 0 Å². The summed E-state index contributed by atoms with van der Waals surface area (Å²) in [6, 6.07) is 16.2. The number of methoxy groups -OCH3 is 1. The second-order valence-electron chi connectivity index (χ2n) is 5.38. The topological polar surface area (TPSA) is 72.6 Å². The molecule has 118 valence electrons. The van der Waals surface area contributed by atoms with Gasteiger partial charge in [-0.2, -0.15) is 0 Å². The molecule has 1 aromatic heterocycles. The van der Waals surface area contributed by atoms with E-state index in [9.17, 15) is 9.90 Å². The van der Waals surface area contributed by atoms with Gasteiger partial charge in [-0.25, -0.2) is 9.78 Å². The van der Waals surface area contributed by atoms with Gasteiger partial charge in [-0.05, 0) is 35.0 Å². The molecule has 0 bridgehead atoms. The van der Waals surface area contributed by atoms with E-state index in [-0.39, 0.29) is 11.6 Å². The van der Waals surface area contributed by atoms with E-state index in [1.165, 1.54) is 7.11 Å². The van der Waals surface area contributed by atoms with Crippen LogP contribution in [-0.2, 0) is 4.74 Å². The minimum atomic E-state index is -0.483. The molecule has 0 amide bonds. The summed E-state index contributed by atoms with van der Waals surface area (Å²) in [6.07, 6.45) is 0. The maximum absolute atomic E-state index is 11.9. The predicted octanol–water partition coefficient (Wildman–Crippen LogP) is 4.14. The van der Waals surface area contributed by atoms with Gasteiger partial charge in [0.25, 0.3) is 0 Å². The highest BCUT2D eigenvalue weighted by atomic mass is 16.5. The van der Waals surface area contributed by atoms with Crippen molar-refractivity contribution in [1.82, 2.24) is 4.98 Å². The van der Waals surface area contributed by atoms with Crippen LogP contribution in [0, 0.1) is 0 Å². The first-order chi connectivity index (χ1) is 11.7. The lowest BCUT2D eigenvalue weighted by atomic mass is 10.1. The number of para-hydroxylation sites is 1. The minimum absolute atomic E-state index is 0.0693. The summed E-state index contributed by atoms with van der Waals surface area (Å²) in [7, 11) is 1.32. The number of hydrogen-bond donors (Lipinski definition) is 1. The van der Waals surface area contributed by atoms with Crippen molar-refractivity contribution in [3.05, 3.63) is 60.2 Å². The number of oxazole rings is 1. The Morgan fingerprint density at radius 1 is 1.08 bits per heavy atom. The molecule has 4 aromatic rings. The number of hydrogen-bond acceptors (Lipinski definition) is 5. The number of aromatic hydroxyl groups is 1. The smallest absolute Gasteiger partial charge is 0.340 e. The Balaban J connectivity index is 1.94. The van der Waals surface area contributed by atoms with E-state index >= 15 is 0 Å². The molecule has 0 aliphatic heterocycles. The lowest BCUT2D eigenvalue weighted by Crippen LogP contribution is -2.01. The number of carbonyl (C=O) groups excluding carboxylic acids is 1. The Morgan fingerprint density at radius 2 is 1.83 bits per heavy atom. The van der Waals surface area contributed by atoms with Crippen LogP contribution in [0.3, 0.4) is 0 Å². The minimum Gasteiger partial charge on any atom is -0.507 e. The third-order valence-corrected chi connectivity index (χ3v) is 3.92. The molecule has 0 radical (unpaired) electrons. The van der Waals surface area contributed by atoms with Crippen molar-refractivity contribution in [3.63, 3.8) is 0 Å². The van der Waals surface area contributed by atoms with Gasteiger partial charge in [-0.1, -0.05) is 30.3 Å². The molecule has 1 heterocycles. The van der Waals surface area contributed by atoms with E-state index in [1.807, 2.05) is 30.3 Å². The van der Waals surface area contributed by atoms with Crippen molar-refractivity contribution in [3.8, 4) is 17.2 Å². The van der Waals surface area contributed by atoms with Crippen molar-refractivity contribution in [2.45, 2.75) is 0 Å². The van der Waals surface area contributed by atoms with E-state index in [4.69, 9.17) is 9.15 Å². The van der Waals surface area contributed by atoms with Crippen molar-refractivity contribution >= 4 is 27.8 Å². The summed E-state index contributed by atoms with van der Waals surface area (Å²) in [6.45, 7) is 0. The number of aromatic nitrogens is 1. The number of esters is 1. The zero-order valence-electron chi connectivity index (χ0n) is 12.8. The molecule has 0 saturated carbocycles. The van der Waals surface area contributed by atoms with Crippen LogP contribution < -0.4 is 0 Å². The van der Waals surface area contributed by atoms with Crippen LogP contribution in [0.25, 0.3) is 33.3 Å². The average molecular weight is 319 g/mol. The number of ether oxygens (including phenoxy) is 1. The predicted molar refractivity (Wildman–Crippen MR) is 90.0 cm³/mol. The highest BCUT2D eigenvalue weighted by molar-refractivity contribution is 6.02. The number of carbonyl (C=O) groups is 1. The molecule has 24 heavy (non-hydrogen) atoms. The lowest BCUT2D eigenvalue weighted by molar-refractivity contribution is 0.0602. The molecular weight excluding hydrogens is 306 g/mol. The SMILES string of the molecule is COC(=O)c1cccc2oc(-c3cc4ccccc4cc3O)nc12. The second-order valence-corrected chi connectivity index (χ2v) is 5.38. The molecule has 3 aromatic carbocycles. The number of rotatable bonds is 2. The van der Waals surface area contributed by atoms with Gasteiger partial charge in [0.2, 0.25) is 5.89 Å². The second kappa shape index (κ2) is 5.38. The Morgan fingerprint density at radius 3 is 2.58 bits per heavy atom. The van der Waals surface area contributed by atoms with Crippen molar-refractivity contribution in [1.29, 1.82) is 0 Å². The summed E-state index contributed by atoms with van der Waals surface area (Å²) in [4.78, 5) is 16.3. The molecule has 0 fully saturated rings. The number of phenols is 1. The van der Waals surface area contributed by atoms with Gasteiger partial charge in [0, 0.05) is 0 Å². The van der Waals surface area contributed by atoms with Gasteiger partial charge < -0.3 is 14.3 Å². The first-order valence-electron chi connectivity index (χ1n) is 7.37. The van der Waals surface area contributed by atoms with Crippen LogP contribution in [0.1, 0.15) is 10.4 Å². The van der Waals surface area contributed by atoms with E-state index in [2.05, 4.69) is 4.98 Å². The number of fused-ring (bicyclic) bond motifs is 2. The molecule has 0 aliphatic carbocycles. The Kier molecular flexibility index (Phi) is 3.20. The number of benzene rings is 3. The van der Waals surface area contributed by atoms with Crippen molar-refractivity contribution in [2.75, 3.05) is 7.11 Å². The molecule has 0 spiro atoms. The molecule has 0 aliphatic rings. The largest absolute Gasteiger partial charge is 0.507 e. The summed E-state index contributed by atoms with van der Waals surface area (Å²) >= 11 is 0. The first-order valence-corrected chi connectivity index (χ1v) is 7.37. The Hall–Kier alpha value is -3.34. The standard InChI is InChI=1S/C19H13NO4/c1-23-19(22)13-7-4-8-16-17(13)20-18(24-16)14-9-11-5-2-3-6-12(11)10-15(14)21/h2-10,21H,1H3. The molecule has 5 heteroatoms. The maximum atomic E-state index is 11.9. The van der Waals surface area contributed by atoms with Crippen LogP contribution in [0.15, 0.2) is 59.0 Å². The lowest BCUT2D eigenvalue weighted by Gasteiger charge is -2.03. The Bertz CT molecular complexity index is 1080. The third-order valence-electron chi connectivity index (χ3n) is 3.92. The van der Waals surface area contributed by atoms with Crippen LogP contribution in [0.5, 0.6) is 5.75 Å². The fourth-order valence-electron chi connectivity index (χ4n) is 2.74. The summed E-state index contributed by atoms with van der Waals surface area (Å²) in [5, 5.41) is 12.2. The van der Waals surface area contributed by atoms with Gasteiger partial charge in [0.15, 0.2) is 5.58 Å². The summed E-state index contributed by atoms with van der Waals surface area (Å²) in [5.74, 6) is -0.160. The van der Waals surface area contributed by atoms with Crippen LogP contribution in [0.2, 0.25) is 0 Å². The normalized spacial score (nSPS) is 11.0. The number of phenolic OH excluding ortho intramolecular Hbond substituents is 1. The summed E-state index contributed by atoms with van der Waals surface area (Å²) < 4.78 is 10.5. The number of nitrogens with zero attached hydrogens (tertiary/aromatic N) is 1. The van der Waals surface area contributed by atoms with E-state index in [1.54, 1.807) is 24.3 Å². The first kappa shape index (κ1) is 14.3. The molecule has 0 saturated heterocycles.